The molecular formula is C13H14N2O4. The van der Waals surface area contributed by atoms with Gasteiger partial charge < -0.3 is 9.84 Å². The normalized spacial score (nSPS) is 15.6. The number of aliphatic hydroxyl groups is 1. The third-order valence-electron chi connectivity index (χ3n) is 3.35. The fourth-order valence-corrected chi connectivity index (χ4v) is 1.87. The van der Waals surface area contributed by atoms with Crippen molar-refractivity contribution in [2.24, 2.45) is 5.41 Å². The predicted octanol–water partition coefficient (Wildman–Crippen LogP) is 2.16. The largest absolute Gasteiger partial charge is 0.486 e. The van der Waals surface area contributed by atoms with E-state index in [2.05, 4.69) is 6.07 Å². The molecule has 19 heavy (non-hydrogen) atoms. The fraction of sp³-hybridized carbons (Fsp3) is 0.462. The number of hydrogen-bond donors (Lipinski definition) is 1. The zero-order valence-corrected chi connectivity index (χ0v) is 10.3. The minimum Gasteiger partial charge on any atom is -0.486 e. The first kappa shape index (κ1) is 13.3. The van der Waals surface area contributed by atoms with Gasteiger partial charge in [0, 0.05) is 17.9 Å². The lowest BCUT2D eigenvalue weighted by Crippen LogP contribution is -2.13. The van der Waals surface area contributed by atoms with Crippen molar-refractivity contribution >= 4 is 5.69 Å². The van der Waals surface area contributed by atoms with Crippen LogP contribution in [0.3, 0.4) is 0 Å². The van der Waals surface area contributed by atoms with Crippen molar-refractivity contribution in [2.75, 3.05) is 6.61 Å². The maximum atomic E-state index is 10.9. The molecule has 100 valence electrons. The zero-order chi connectivity index (χ0) is 13.9. The Kier molecular flexibility index (Phi) is 3.67. The molecule has 0 radical (unpaired) electrons. The monoisotopic (exact) mass is 262 g/mol. The van der Waals surface area contributed by atoms with Gasteiger partial charge in [-0.15, -0.1) is 0 Å². The van der Waals surface area contributed by atoms with Crippen LogP contribution in [0.2, 0.25) is 0 Å². The molecule has 1 N–H and O–H groups in total. The van der Waals surface area contributed by atoms with Gasteiger partial charge in [0.05, 0.1) is 24.2 Å². The van der Waals surface area contributed by atoms with E-state index in [1.807, 2.05) is 0 Å². The van der Waals surface area contributed by atoms with Crippen LogP contribution in [0.4, 0.5) is 5.69 Å². The van der Waals surface area contributed by atoms with E-state index in [-0.39, 0.29) is 23.5 Å². The van der Waals surface area contributed by atoms with E-state index in [4.69, 9.17) is 15.1 Å². The number of nitriles is 1. The molecule has 1 saturated carbocycles. The summed E-state index contributed by atoms with van der Waals surface area (Å²) in [5.41, 5.74) is 0.190. The average molecular weight is 262 g/mol. The highest BCUT2D eigenvalue weighted by molar-refractivity contribution is 5.48. The van der Waals surface area contributed by atoms with E-state index in [9.17, 15) is 10.1 Å². The van der Waals surface area contributed by atoms with Crippen molar-refractivity contribution in [3.8, 4) is 11.8 Å². The molecule has 2 rings (SSSR count). The molecule has 1 aromatic rings. The zero-order valence-electron chi connectivity index (χ0n) is 10.3. The Hall–Kier alpha value is -2.13. The lowest BCUT2D eigenvalue weighted by molar-refractivity contribution is -0.386. The molecule has 0 bridgehead atoms. The van der Waals surface area contributed by atoms with Crippen LogP contribution in [0, 0.1) is 26.9 Å². The van der Waals surface area contributed by atoms with Gasteiger partial charge >= 0.3 is 5.69 Å². The summed E-state index contributed by atoms with van der Waals surface area (Å²) < 4.78 is 5.50. The van der Waals surface area contributed by atoms with E-state index >= 15 is 0 Å². The average Bonchev–Trinajstić information content (AvgIpc) is 3.17. The number of nitrogens with zero attached hydrogens (tertiary/aromatic N) is 2. The van der Waals surface area contributed by atoms with Crippen LogP contribution in [0.1, 0.15) is 24.8 Å². The molecule has 6 heteroatoms. The number of ether oxygens (including phenoxy) is 1. The van der Waals surface area contributed by atoms with Gasteiger partial charge in [0.25, 0.3) is 0 Å². The Morgan fingerprint density at radius 2 is 2.26 bits per heavy atom. The molecule has 0 aromatic heterocycles. The minimum absolute atomic E-state index is 0.127. The topological polar surface area (TPSA) is 96.4 Å². The quantitative estimate of drug-likeness (QED) is 0.626. The molecule has 0 atom stereocenters. The fourth-order valence-electron chi connectivity index (χ4n) is 1.87. The highest BCUT2D eigenvalue weighted by atomic mass is 16.6. The lowest BCUT2D eigenvalue weighted by atomic mass is 10.1. The molecule has 0 aliphatic heterocycles. The summed E-state index contributed by atoms with van der Waals surface area (Å²) in [5, 5.41) is 28.6. The van der Waals surface area contributed by atoms with E-state index in [0.717, 1.165) is 12.8 Å². The Labute approximate surface area is 110 Å². The predicted molar refractivity (Wildman–Crippen MR) is 66.4 cm³/mol. The minimum atomic E-state index is -0.529. The SMILES string of the molecule is N#CCC1(COc2ccc(CO)cc2[N+](=O)[O-])CC1. The van der Waals surface area contributed by atoms with Crippen molar-refractivity contribution in [3.63, 3.8) is 0 Å². The highest BCUT2D eigenvalue weighted by Crippen LogP contribution is 2.49. The summed E-state index contributed by atoms with van der Waals surface area (Å²) in [6.07, 6.45) is 2.25. The molecule has 1 aromatic carbocycles. The molecule has 0 spiro atoms. The van der Waals surface area contributed by atoms with Crippen LogP contribution in [0.5, 0.6) is 5.75 Å². The summed E-state index contributed by atoms with van der Waals surface area (Å²) in [6, 6.07) is 6.50. The van der Waals surface area contributed by atoms with Crippen LogP contribution in [-0.2, 0) is 6.61 Å². The second kappa shape index (κ2) is 5.24. The number of nitro groups is 1. The summed E-state index contributed by atoms with van der Waals surface area (Å²) in [6.45, 7) is 0.0688. The third-order valence-corrected chi connectivity index (χ3v) is 3.35. The number of aliphatic hydroxyl groups excluding tert-OH is 1. The van der Waals surface area contributed by atoms with Gasteiger partial charge in [-0.2, -0.15) is 5.26 Å². The van der Waals surface area contributed by atoms with E-state index in [1.54, 1.807) is 6.07 Å². The van der Waals surface area contributed by atoms with Crippen LogP contribution in [-0.4, -0.2) is 16.6 Å². The summed E-state index contributed by atoms with van der Waals surface area (Å²) >= 11 is 0. The van der Waals surface area contributed by atoms with Gasteiger partial charge in [-0.1, -0.05) is 6.07 Å². The molecular weight excluding hydrogens is 248 g/mol. The standard InChI is InChI=1S/C13H14N2O4/c14-6-5-13(3-4-13)9-19-12-2-1-10(8-16)7-11(12)15(17)18/h1-2,7,16H,3-5,8-9H2. The van der Waals surface area contributed by atoms with Crippen LogP contribution >= 0.6 is 0 Å². The Balaban J connectivity index is 2.12. The number of nitro benzene ring substituents is 1. The van der Waals surface area contributed by atoms with Gasteiger partial charge in [-0.05, 0) is 24.5 Å². The van der Waals surface area contributed by atoms with Gasteiger partial charge in [0.2, 0.25) is 0 Å². The lowest BCUT2D eigenvalue weighted by Gasteiger charge is -2.13. The summed E-state index contributed by atoms with van der Waals surface area (Å²) in [4.78, 5) is 10.4. The second-order valence-corrected chi connectivity index (χ2v) is 4.84. The number of rotatable bonds is 6. The molecule has 0 amide bonds. The molecule has 0 saturated heterocycles. The third kappa shape index (κ3) is 3.01. The Morgan fingerprint density at radius 1 is 1.53 bits per heavy atom. The first-order chi connectivity index (χ1) is 9.10. The van der Waals surface area contributed by atoms with Crippen LogP contribution < -0.4 is 4.74 Å². The number of hydrogen-bond acceptors (Lipinski definition) is 5. The van der Waals surface area contributed by atoms with Crippen molar-refractivity contribution in [3.05, 3.63) is 33.9 Å². The molecule has 0 unspecified atom stereocenters. The summed E-state index contributed by atoms with van der Waals surface area (Å²) in [5.74, 6) is 0.186. The first-order valence-electron chi connectivity index (χ1n) is 5.98. The van der Waals surface area contributed by atoms with E-state index in [1.165, 1.54) is 12.1 Å². The summed E-state index contributed by atoms with van der Waals surface area (Å²) in [7, 11) is 0. The second-order valence-electron chi connectivity index (χ2n) is 4.84. The Bertz CT molecular complexity index is 532. The molecule has 1 fully saturated rings. The van der Waals surface area contributed by atoms with Crippen molar-refractivity contribution in [1.82, 2.24) is 0 Å². The first-order valence-corrected chi connectivity index (χ1v) is 5.98. The maximum absolute atomic E-state index is 10.9. The van der Waals surface area contributed by atoms with Gasteiger partial charge in [0.15, 0.2) is 5.75 Å². The highest BCUT2D eigenvalue weighted by Gasteiger charge is 2.43. The maximum Gasteiger partial charge on any atom is 0.311 e. The van der Waals surface area contributed by atoms with E-state index < -0.39 is 4.92 Å². The van der Waals surface area contributed by atoms with Crippen molar-refractivity contribution in [2.45, 2.75) is 25.9 Å². The van der Waals surface area contributed by atoms with Crippen molar-refractivity contribution < 1.29 is 14.8 Å². The molecule has 6 nitrogen and oxygen atoms in total. The number of benzene rings is 1. The molecule has 1 aliphatic carbocycles. The Morgan fingerprint density at radius 3 is 2.79 bits per heavy atom. The van der Waals surface area contributed by atoms with Gasteiger partial charge in [-0.3, -0.25) is 10.1 Å². The molecule has 1 aliphatic rings. The van der Waals surface area contributed by atoms with Gasteiger partial charge in [-0.25, -0.2) is 0 Å². The molecule has 0 heterocycles. The van der Waals surface area contributed by atoms with E-state index in [0.29, 0.717) is 18.6 Å². The van der Waals surface area contributed by atoms with Crippen LogP contribution in [0.15, 0.2) is 18.2 Å². The van der Waals surface area contributed by atoms with Crippen molar-refractivity contribution in [1.29, 1.82) is 5.26 Å². The van der Waals surface area contributed by atoms with Gasteiger partial charge in [0.1, 0.15) is 0 Å². The van der Waals surface area contributed by atoms with Crippen LogP contribution in [0.25, 0.3) is 0 Å². The smallest absolute Gasteiger partial charge is 0.311 e.